The van der Waals surface area contributed by atoms with Gasteiger partial charge in [0.25, 0.3) is 5.91 Å². The van der Waals surface area contributed by atoms with E-state index in [9.17, 15) is 4.79 Å². The van der Waals surface area contributed by atoms with Crippen molar-refractivity contribution in [1.29, 1.82) is 0 Å². The molecule has 0 saturated carbocycles. The Bertz CT molecular complexity index is 774. The van der Waals surface area contributed by atoms with Gasteiger partial charge < -0.3 is 19.1 Å². The highest BCUT2D eigenvalue weighted by atomic mass is 35.5. The molecule has 0 bridgehead atoms. The molecule has 1 amide bonds. The SMILES string of the molecule is CCOc1ccc(CN(C)C(=O)C(C)(C)Oc2ccc(Cl)cc2)cc1OC. The van der Waals surface area contributed by atoms with E-state index in [2.05, 4.69) is 0 Å². The molecule has 0 aliphatic carbocycles. The molecule has 27 heavy (non-hydrogen) atoms. The van der Waals surface area contributed by atoms with Gasteiger partial charge in [-0.05, 0) is 62.7 Å². The predicted molar refractivity (Wildman–Crippen MR) is 107 cm³/mol. The fraction of sp³-hybridized carbons (Fsp3) is 0.381. The summed E-state index contributed by atoms with van der Waals surface area (Å²) in [6.07, 6.45) is 0. The molecule has 5 nitrogen and oxygen atoms in total. The van der Waals surface area contributed by atoms with Gasteiger partial charge in [-0.1, -0.05) is 17.7 Å². The molecule has 0 N–H and O–H groups in total. The molecular formula is C21H26ClNO4. The zero-order valence-corrected chi connectivity index (χ0v) is 17.2. The molecule has 6 heteroatoms. The van der Waals surface area contributed by atoms with Crippen molar-refractivity contribution in [2.75, 3.05) is 20.8 Å². The van der Waals surface area contributed by atoms with Crippen LogP contribution in [-0.2, 0) is 11.3 Å². The zero-order chi connectivity index (χ0) is 20.0. The Hall–Kier alpha value is -2.40. The number of carbonyl (C=O) groups is 1. The van der Waals surface area contributed by atoms with Crippen molar-refractivity contribution in [3.05, 3.63) is 53.1 Å². The maximum absolute atomic E-state index is 12.9. The van der Waals surface area contributed by atoms with E-state index in [4.69, 9.17) is 25.8 Å². The molecule has 0 saturated heterocycles. The minimum absolute atomic E-state index is 0.134. The lowest BCUT2D eigenvalue weighted by Crippen LogP contribution is -2.47. The van der Waals surface area contributed by atoms with E-state index in [1.165, 1.54) is 0 Å². The normalized spacial score (nSPS) is 11.0. The first kappa shape index (κ1) is 20.9. The van der Waals surface area contributed by atoms with Crippen LogP contribution >= 0.6 is 11.6 Å². The Kier molecular flexibility index (Phi) is 6.97. The number of hydrogen-bond acceptors (Lipinski definition) is 4. The van der Waals surface area contributed by atoms with E-state index in [0.29, 0.717) is 35.4 Å². The average molecular weight is 392 g/mol. The first-order valence-electron chi connectivity index (χ1n) is 8.76. The van der Waals surface area contributed by atoms with Crippen LogP contribution in [0.4, 0.5) is 0 Å². The van der Waals surface area contributed by atoms with Crippen molar-refractivity contribution in [2.45, 2.75) is 32.9 Å². The molecule has 146 valence electrons. The number of carbonyl (C=O) groups excluding carboxylic acids is 1. The lowest BCUT2D eigenvalue weighted by atomic mass is 10.1. The van der Waals surface area contributed by atoms with Gasteiger partial charge >= 0.3 is 0 Å². The maximum Gasteiger partial charge on any atom is 0.266 e. The minimum Gasteiger partial charge on any atom is -0.493 e. The third kappa shape index (κ3) is 5.54. The molecule has 0 aromatic heterocycles. The first-order valence-corrected chi connectivity index (χ1v) is 9.14. The summed E-state index contributed by atoms with van der Waals surface area (Å²) in [5.41, 5.74) is -0.0776. The van der Waals surface area contributed by atoms with Crippen LogP contribution in [0.2, 0.25) is 5.02 Å². The summed E-state index contributed by atoms with van der Waals surface area (Å²) in [4.78, 5) is 14.5. The summed E-state index contributed by atoms with van der Waals surface area (Å²) in [5, 5.41) is 0.619. The molecule has 0 spiro atoms. The molecule has 0 fully saturated rings. The number of halogens is 1. The second-order valence-electron chi connectivity index (χ2n) is 6.65. The lowest BCUT2D eigenvalue weighted by molar-refractivity contribution is -0.144. The van der Waals surface area contributed by atoms with Gasteiger partial charge in [-0.3, -0.25) is 4.79 Å². The average Bonchev–Trinajstić information content (AvgIpc) is 2.64. The predicted octanol–water partition coefficient (Wildman–Crippen LogP) is 4.56. The molecule has 0 heterocycles. The standard InChI is InChI=1S/C21H26ClNO4/c1-6-26-18-12-7-15(13-19(18)25-5)14-23(4)20(24)21(2,3)27-17-10-8-16(22)9-11-17/h7-13H,6,14H2,1-5H3. The fourth-order valence-electron chi connectivity index (χ4n) is 2.73. The van der Waals surface area contributed by atoms with Crippen LogP contribution in [0.25, 0.3) is 0 Å². The number of amides is 1. The summed E-state index contributed by atoms with van der Waals surface area (Å²) in [5.74, 6) is 1.79. The molecule has 0 aliphatic rings. The Morgan fingerprint density at radius 1 is 1.11 bits per heavy atom. The van der Waals surface area contributed by atoms with Gasteiger partial charge in [0, 0.05) is 18.6 Å². The largest absolute Gasteiger partial charge is 0.493 e. The fourth-order valence-corrected chi connectivity index (χ4v) is 2.86. The topological polar surface area (TPSA) is 48.0 Å². The summed E-state index contributed by atoms with van der Waals surface area (Å²) < 4.78 is 16.8. The smallest absolute Gasteiger partial charge is 0.266 e. The third-order valence-corrected chi connectivity index (χ3v) is 4.25. The lowest BCUT2D eigenvalue weighted by Gasteiger charge is -2.30. The molecule has 0 atom stereocenters. The Morgan fingerprint density at radius 2 is 1.78 bits per heavy atom. The van der Waals surface area contributed by atoms with Gasteiger partial charge in [-0.15, -0.1) is 0 Å². The quantitative estimate of drug-likeness (QED) is 0.661. The van der Waals surface area contributed by atoms with Gasteiger partial charge in [-0.2, -0.15) is 0 Å². The van der Waals surface area contributed by atoms with Crippen molar-refractivity contribution in [2.24, 2.45) is 0 Å². The van der Waals surface area contributed by atoms with E-state index in [-0.39, 0.29) is 5.91 Å². The van der Waals surface area contributed by atoms with Gasteiger partial charge in [0.1, 0.15) is 5.75 Å². The maximum atomic E-state index is 12.9. The highest BCUT2D eigenvalue weighted by Gasteiger charge is 2.33. The van der Waals surface area contributed by atoms with Crippen molar-refractivity contribution in [3.8, 4) is 17.2 Å². The van der Waals surface area contributed by atoms with Gasteiger partial charge in [0.15, 0.2) is 17.1 Å². The number of hydrogen-bond donors (Lipinski definition) is 0. The third-order valence-electron chi connectivity index (χ3n) is 4.00. The van der Waals surface area contributed by atoms with Crippen molar-refractivity contribution in [1.82, 2.24) is 4.90 Å². The number of methoxy groups -OCH3 is 1. The summed E-state index contributed by atoms with van der Waals surface area (Å²) in [6, 6.07) is 12.6. The Labute approximate surface area is 165 Å². The van der Waals surface area contributed by atoms with E-state index in [0.717, 1.165) is 5.56 Å². The molecule has 2 aromatic rings. The minimum atomic E-state index is -1.02. The Morgan fingerprint density at radius 3 is 2.37 bits per heavy atom. The highest BCUT2D eigenvalue weighted by molar-refractivity contribution is 6.30. The van der Waals surface area contributed by atoms with Crippen LogP contribution in [0.1, 0.15) is 26.3 Å². The van der Waals surface area contributed by atoms with Crippen LogP contribution < -0.4 is 14.2 Å². The van der Waals surface area contributed by atoms with Crippen molar-refractivity contribution >= 4 is 17.5 Å². The molecule has 0 unspecified atom stereocenters. The van der Waals surface area contributed by atoms with E-state index < -0.39 is 5.60 Å². The monoisotopic (exact) mass is 391 g/mol. The number of rotatable bonds is 8. The van der Waals surface area contributed by atoms with E-state index in [1.807, 2.05) is 25.1 Å². The zero-order valence-electron chi connectivity index (χ0n) is 16.4. The second-order valence-corrected chi connectivity index (χ2v) is 7.08. The number of ether oxygens (including phenoxy) is 3. The Balaban J connectivity index is 2.08. The van der Waals surface area contributed by atoms with Gasteiger partial charge in [0.2, 0.25) is 0 Å². The molecule has 2 rings (SSSR count). The van der Waals surface area contributed by atoms with Crippen LogP contribution in [0, 0.1) is 0 Å². The molecular weight excluding hydrogens is 366 g/mol. The summed E-state index contributed by atoms with van der Waals surface area (Å²) >= 11 is 5.89. The van der Waals surface area contributed by atoms with Crippen LogP contribution in [0.15, 0.2) is 42.5 Å². The molecule has 0 radical (unpaired) electrons. The van der Waals surface area contributed by atoms with Crippen LogP contribution in [-0.4, -0.2) is 37.2 Å². The van der Waals surface area contributed by atoms with Crippen LogP contribution in [0.5, 0.6) is 17.2 Å². The van der Waals surface area contributed by atoms with Gasteiger partial charge in [-0.25, -0.2) is 0 Å². The number of likely N-dealkylation sites (N-methyl/N-ethyl adjacent to an activating group) is 1. The number of benzene rings is 2. The van der Waals surface area contributed by atoms with Crippen molar-refractivity contribution < 1.29 is 19.0 Å². The van der Waals surface area contributed by atoms with Crippen molar-refractivity contribution in [3.63, 3.8) is 0 Å². The van der Waals surface area contributed by atoms with Gasteiger partial charge in [0.05, 0.1) is 13.7 Å². The second kappa shape index (κ2) is 9.00. The summed E-state index contributed by atoms with van der Waals surface area (Å²) in [7, 11) is 3.35. The highest BCUT2D eigenvalue weighted by Crippen LogP contribution is 2.29. The molecule has 2 aromatic carbocycles. The van der Waals surface area contributed by atoms with Crippen LogP contribution in [0.3, 0.4) is 0 Å². The molecule has 0 aliphatic heterocycles. The summed E-state index contributed by atoms with van der Waals surface area (Å²) in [6.45, 7) is 6.40. The van der Waals surface area contributed by atoms with E-state index in [1.54, 1.807) is 57.2 Å². The first-order chi connectivity index (χ1) is 12.8. The van der Waals surface area contributed by atoms with E-state index >= 15 is 0 Å². The number of nitrogens with zero attached hydrogens (tertiary/aromatic N) is 1.